The van der Waals surface area contributed by atoms with Crippen molar-refractivity contribution < 1.29 is 4.79 Å². The molecule has 0 aliphatic heterocycles. The second kappa shape index (κ2) is 5.08. The van der Waals surface area contributed by atoms with Crippen LogP contribution in [0.15, 0.2) is 18.3 Å². The topological polar surface area (TPSA) is 60.7 Å². The van der Waals surface area contributed by atoms with E-state index in [1.807, 2.05) is 32.9 Å². The van der Waals surface area contributed by atoms with Gasteiger partial charge in [0.05, 0.1) is 6.20 Å². The predicted octanol–water partition coefficient (Wildman–Crippen LogP) is 1.93. The van der Waals surface area contributed by atoms with Gasteiger partial charge in [0.2, 0.25) is 5.78 Å². The summed E-state index contributed by atoms with van der Waals surface area (Å²) in [6, 6.07) is 3.65. The van der Waals surface area contributed by atoms with E-state index in [0.29, 0.717) is 17.8 Å². The fraction of sp³-hybridized carbons (Fsp3) is 0.385. The Hall–Kier alpha value is -2.04. The number of carbonyl (C=O) groups is 1. The molecule has 0 unspecified atom stereocenters. The number of ketones is 1. The zero-order valence-electron chi connectivity index (χ0n) is 10.8. The summed E-state index contributed by atoms with van der Waals surface area (Å²) >= 11 is 0. The lowest BCUT2D eigenvalue weighted by molar-refractivity contribution is 0.102. The van der Waals surface area contributed by atoms with Crippen molar-refractivity contribution in [3.8, 4) is 0 Å². The molecular formula is C13H16N4O. The maximum absolute atomic E-state index is 12.4. The smallest absolute Gasteiger partial charge is 0.214 e. The highest BCUT2D eigenvalue weighted by Crippen LogP contribution is 2.12. The van der Waals surface area contributed by atoms with Gasteiger partial charge in [-0.15, -0.1) is 5.10 Å². The molecule has 2 aromatic heterocycles. The molecule has 0 bridgehead atoms. The number of pyridine rings is 1. The van der Waals surface area contributed by atoms with Gasteiger partial charge in [-0.2, -0.15) is 0 Å². The van der Waals surface area contributed by atoms with Crippen molar-refractivity contribution in [2.24, 2.45) is 0 Å². The largest absolute Gasteiger partial charge is 0.287 e. The Morgan fingerprint density at radius 1 is 1.33 bits per heavy atom. The van der Waals surface area contributed by atoms with Crippen LogP contribution in [-0.2, 0) is 6.54 Å². The van der Waals surface area contributed by atoms with Crippen molar-refractivity contribution >= 4 is 5.78 Å². The van der Waals surface area contributed by atoms with Crippen LogP contribution in [0.4, 0.5) is 0 Å². The molecule has 2 aromatic rings. The number of carbonyl (C=O) groups excluding carboxylic acids is 1. The van der Waals surface area contributed by atoms with Gasteiger partial charge in [0, 0.05) is 23.5 Å². The van der Waals surface area contributed by atoms with Crippen LogP contribution in [0.5, 0.6) is 0 Å². The first-order valence-electron chi connectivity index (χ1n) is 6.01. The summed E-state index contributed by atoms with van der Waals surface area (Å²) in [5.41, 5.74) is 2.78. The normalized spacial score (nSPS) is 10.6. The summed E-state index contributed by atoms with van der Waals surface area (Å²) < 4.78 is 1.64. The molecule has 0 N–H and O–H groups in total. The van der Waals surface area contributed by atoms with E-state index in [0.717, 1.165) is 17.8 Å². The third kappa shape index (κ3) is 2.30. The minimum Gasteiger partial charge on any atom is -0.287 e. The van der Waals surface area contributed by atoms with Gasteiger partial charge in [0.1, 0.15) is 5.69 Å². The molecule has 0 aromatic carbocycles. The Labute approximate surface area is 106 Å². The Bertz CT molecular complexity index is 574. The first kappa shape index (κ1) is 12.4. The van der Waals surface area contributed by atoms with Crippen molar-refractivity contribution in [2.75, 3.05) is 0 Å². The van der Waals surface area contributed by atoms with Crippen LogP contribution in [0.2, 0.25) is 0 Å². The van der Waals surface area contributed by atoms with Gasteiger partial charge >= 0.3 is 0 Å². The molecule has 94 valence electrons. The Kier molecular flexibility index (Phi) is 3.50. The lowest BCUT2D eigenvalue weighted by Gasteiger charge is -2.06. The molecule has 0 fully saturated rings. The quantitative estimate of drug-likeness (QED) is 0.771. The second-order valence-electron chi connectivity index (χ2n) is 4.26. The summed E-state index contributed by atoms with van der Waals surface area (Å²) in [7, 11) is 0. The van der Waals surface area contributed by atoms with Crippen LogP contribution < -0.4 is 0 Å². The van der Waals surface area contributed by atoms with E-state index >= 15 is 0 Å². The minimum atomic E-state index is -0.0709. The minimum absolute atomic E-state index is 0.0709. The summed E-state index contributed by atoms with van der Waals surface area (Å²) in [5, 5.41) is 7.73. The molecule has 5 nitrogen and oxygen atoms in total. The van der Waals surface area contributed by atoms with Crippen LogP contribution in [-0.4, -0.2) is 25.8 Å². The van der Waals surface area contributed by atoms with Gasteiger partial charge < -0.3 is 0 Å². The SMILES string of the molecule is CCCn1nncc1C(=O)c1ccc(C)nc1C. The van der Waals surface area contributed by atoms with Crippen LogP contribution >= 0.6 is 0 Å². The highest BCUT2D eigenvalue weighted by molar-refractivity contribution is 6.08. The maximum Gasteiger partial charge on any atom is 0.214 e. The number of aromatic nitrogens is 4. The monoisotopic (exact) mass is 244 g/mol. The van der Waals surface area contributed by atoms with E-state index in [1.54, 1.807) is 4.68 Å². The maximum atomic E-state index is 12.4. The lowest BCUT2D eigenvalue weighted by atomic mass is 10.1. The van der Waals surface area contributed by atoms with Crippen molar-refractivity contribution in [3.63, 3.8) is 0 Å². The molecule has 0 amide bonds. The van der Waals surface area contributed by atoms with Crippen LogP contribution in [0.1, 0.15) is 40.8 Å². The van der Waals surface area contributed by atoms with Crippen molar-refractivity contribution in [3.05, 3.63) is 41.0 Å². The van der Waals surface area contributed by atoms with E-state index in [4.69, 9.17) is 0 Å². The molecule has 0 saturated heterocycles. The number of hydrogen-bond acceptors (Lipinski definition) is 4. The van der Waals surface area contributed by atoms with Gasteiger partial charge in [0.25, 0.3) is 0 Å². The fourth-order valence-electron chi connectivity index (χ4n) is 1.88. The van der Waals surface area contributed by atoms with Gasteiger partial charge in [0.15, 0.2) is 0 Å². The van der Waals surface area contributed by atoms with E-state index in [-0.39, 0.29) is 5.78 Å². The standard InChI is InChI=1S/C13H16N4O/c1-4-7-17-12(8-14-16-17)13(18)11-6-5-9(2)15-10(11)3/h5-6,8H,4,7H2,1-3H3. The molecule has 2 heterocycles. The van der Waals surface area contributed by atoms with Gasteiger partial charge in [-0.3, -0.25) is 9.78 Å². The zero-order valence-corrected chi connectivity index (χ0v) is 10.8. The summed E-state index contributed by atoms with van der Waals surface area (Å²) in [4.78, 5) is 16.7. The first-order chi connectivity index (χ1) is 8.63. The average Bonchev–Trinajstić information content (AvgIpc) is 2.77. The van der Waals surface area contributed by atoms with Gasteiger partial charge in [-0.25, -0.2) is 4.68 Å². The van der Waals surface area contributed by atoms with Gasteiger partial charge in [-0.1, -0.05) is 12.1 Å². The molecular weight excluding hydrogens is 228 g/mol. The molecule has 0 aliphatic rings. The number of nitrogens with zero attached hydrogens (tertiary/aromatic N) is 4. The predicted molar refractivity (Wildman–Crippen MR) is 67.5 cm³/mol. The van der Waals surface area contributed by atoms with E-state index in [2.05, 4.69) is 15.3 Å². The Balaban J connectivity index is 2.38. The molecule has 0 atom stereocenters. The fourth-order valence-corrected chi connectivity index (χ4v) is 1.88. The molecule has 0 radical (unpaired) electrons. The molecule has 18 heavy (non-hydrogen) atoms. The van der Waals surface area contributed by atoms with Crippen LogP contribution in [0.25, 0.3) is 0 Å². The van der Waals surface area contributed by atoms with E-state index in [9.17, 15) is 4.79 Å². The molecule has 0 saturated carbocycles. The van der Waals surface area contributed by atoms with Gasteiger partial charge in [-0.05, 0) is 32.4 Å². The Morgan fingerprint density at radius 3 is 2.78 bits per heavy atom. The summed E-state index contributed by atoms with van der Waals surface area (Å²) in [6.07, 6.45) is 2.42. The van der Waals surface area contributed by atoms with Crippen molar-refractivity contribution in [1.29, 1.82) is 0 Å². The average molecular weight is 244 g/mol. The van der Waals surface area contributed by atoms with Crippen molar-refractivity contribution in [1.82, 2.24) is 20.0 Å². The van der Waals surface area contributed by atoms with E-state index in [1.165, 1.54) is 6.20 Å². The second-order valence-corrected chi connectivity index (χ2v) is 4.26. The number of rotatable bonds is 4. The zero-order chi connectivity index (χ0) is 13.1. The van der Waals surface area contributed by atoms with E-state index < -0.39 is 0 Å². The third-order valence-corrected chi connectivity index (χ3v) is 2.76. The summed E-state index contributed by atoms with van der Waals surface area (Å²) in [6.45, 7) is 6.48. The molecule has 0 spiro atoms. The van der Waals surface area contributed by atoms with Crippen molar-refractivity contribution in [2.45, 2.75) is 33.7 Å². The first-order valence-corrected chi connectivity index (χ1v) is 6.01. The van der Waals surface area contributed by atoms with Crippen LogP contribution in [0, 0.1) is 13.8 Å². The molecule has 0 aliphatic carbocycles. The summed E-state index contributed by atoms with van der Waals surface area (Å²) in [5.74, 6) is -0.0709. The lowest BCUT2D eigenvalue weighted by Crippen LogP contribution is -2.13. The third-order valence-electron chi connectivity index (χ3n) is 2.76. The highest BCUT2D eigenvalue weighted by atomic mass is 16.1. The number of hydrogen-bond donors (Lipinski definition) is 0. The van der Waals surface area contributed by atoms with Crippen LogP contribution in [0.3, 0.4) is 0 Å². The molecule has 2 rings (SSSR count). The molecule has 5 heteroatoms. The number of aryl methyl sites for hydroxylation is 3. The Morgan fingerprint density at radius 2 is 2.11 bits per heavy atom. The highest BCUT2D eigenvalue weighted by Gasteiger charge is 2.17.